The molecule has 1 aliphatic rings. The third-order valence-corrected chi connectivity index (χ3v) is 6.78. The lowest BCUT2D eigenvalue weighted by Gasteiger charge is -2.26. The summed E-state index contributed by atoms with van der Waals surface area (Å²) in [6.45, 7) is 3.75. The lowest BCUT2D eigenvalue weighted by atomic mass is 10.0. The minimum Gasteiger partial charge on any atom is -0.459 e. The Kier molecular flexibility index (Phi) is 6.89. The fraction of sp³-hybridized carbons (Fsp3) is 0.179. The van der Waals surface area contributed by atoms with Crippen LogP contribution in [0.3, 0.4) is 0 Å². The van der Waals surface area contributed by atoms with Crippen molar-refractivity contribution in [3.05, 3.63) is 106 Å². The average Bonchev–Trinajstić information content (AvgIpc) is 3.55. The van der Waals surface area contributed by atoms with Gasteiger partial charge in [-0.1, -0.05) is 13.0 Å². The number of benzene rings is 2. The first kappa shape index (κ1) is 25.1. The number of aromatic nitrogens is 1. The SMILES string of the molecule is CCC(=O)Nc1ccc(N2C(=S)NC(c3ccccn3)C2c2ccc(-c3ccc([N+](=O)[O-])cc3)o2)cc1C. The number of thiocarbonyl (C=S) groups is 1. The van der Waals surface area contributed by atoms with Gasteiger partial charge >= 0.3 is 0 Å². The predicted octanol–water partition coefficient (Wildman–Crippen LogP) is 6.08. The van der Waals surface area contributed by atoms with Crippen LogP contribution < -0.4 is 15.5 Å². The second-order valence-electron chi connectivity index (χ2n) is 8.90. The summed E-state index contributed by atoms with van der Waals surface area (Å²) < 4.78 is 6.33. The van der Waals surface area contributed by atoms with Crippen LogP contribution >= 0.6 is 12.2 Å². The number of nitrogens with zero attached hydrogens (tertiary/aromatic N) is 3. The molecule has 0 bridgehead atoms. The van der Waals surface area contributed by atoms with Crippen molar-refractivity contribution in [2.75, 3.05) is 10.2 Å². The van der Waals surface area contributed by atoms with Crippen LogP contribution in [0.25, 0.3) is 11.3 Å². The van der Waals surface area contributed by atoms with Gasteiger partial charge < -0.3 is 20.0 Å². The Morgan fingerprint density at radius 3 is 2.61 bits per heavy atom. The molecule has 2 aromatic carbocycles. The van der Waals surface area contributed by atoms with Gasteiger partial charge in [-0.05, 0) is 79.3 Å². The van der Waals surface area contributed by atoms with Crippen LogP contribution in [-0.4, -0.2) is 20.9 Å². The van der Waals surface area contributed by atoms with Crippen molar-refractivity contribution in [3.8, 4) is 11.3 Å². The number of nitro benzene ring substituents is 1. The lowest BCUT2D eigenvalue weighted by molar-refractivity contribution is -0.384. The fourth-order valence-corrected chi connectivity index (χ4v) is 4.86. The number of amides is 1. The molecule has 10 heteroatoms. The van der Waals surface area contributed by atoms with Crippen molar-refractivity contribution >= 4 is 40.3 Å². The van der Waals surface area contributed by atoms with Gasteiger partial charge in [-0.15, -0.1) is 0 Å². The van der Waals surface area contributed by atoms with Crippen LogP contribution in [0.1, 0.15) is 42.4 Å². The van der Waals surface area contributed by atoms with Gasteiger partial charge in [0.1, 0.15) is 17.6 Å². The van der Waals surface area contributed by atoms with Gasteiger partial charge in [0.2, 0.25) is 5.91 Å². The highest BCUT2D eigenvalue weighted by molar-refractivity contribution is 7.80. The summed E-state index contributed by atoms with van der Waals surface area (Å²) >= 11 is 5.79. The van der Waals surface area contributed by atoms with Crippen molar-refractivity contribution < 1.29 is 14.1 Å². The lowest BCUT2D eigenvalue weighted by Crippen LogP contribution is -2.29. The number of non-ortho nitro benzene ring substituents is 1. The molecule has 0 aliphatic carbocycles. The summed E-state index contributed by atoms with van der Waals surface area (Å²) in [7, 11) is 0. The summed E-state index contributed by atoms with van der Waals surface area (Å²) in [5, 5.41) is 17.9. The number of carbonyl (C=O) groups excluding carboxylic acids is 1. The predicted molar refractivity (Wildman–Crippen MR) is 149 cm³/mol. The van der Waals surface area contributed by atoms with Crippen LogP contribution in [0.4, 0.5) is 17.1 Å². The van der Waals surface area contributed by atoms with E-state index in [1.165, 1.54) is 12.1 Å². The van der Waals surface area contributed by atoms with E-state index in [4.69, 9.17) is 16.6 Å². The Morgan fingerprint density at radius 1 is 1.16 bits per heavy atom. The van der Waals surface area contributed by atoms with Crippen molar-refractivity contribution in [1.29, 1.82) is 0 Å². The number of furan rings is 1. The maximum Gasteiger partial charge on any atom is 0.269 e. The van der Waals surface area contributed by atoms with Gasteiger partial charge in [0, 0.05) is 41.7 Å². The van der Waals surface area contributed by atoms with Crippen molar-refractivity contribution in [2.45, 2.75) is 32.4 Å². The number of anilines is 2. The molecule has 2 atom stereocenters. The van der Waals surface area contributed by atoms with Gasteiger partial charge in [0.05, 0.1) is 16.7 Å². The first-order valence-corrected chi connectivity index (χ1v) is 12.5. The molecule has 192 valence electrons. The molecule has 0 spiro atoms. The molecule has 4 aromatic rings. The molecule has 1 fully saturated rings. The van der Waals surface area contributed by atoms with Crippen LogP contribution in [-0.2, 0) is 4.79 Å². The maximum absolute atomic E-state index is 11.9. The minimum atomic E-state index is -0.432. The Labute approximate surface area is 224 Å². The van der Waals surface area contributed by atoms with Gasteiger partial charge in [0.25, 0.3) is 5.69 Å². The number of nitro groups is 1. The minimum absolute atomic E-state index is 0.0150. The number of aryl methyl sites for hydroxylation is 1. The topological polar surface area (TPSA) is 114 Å². The van der Waals surface area contributed by atoms with Crippen LogP contribution in [0.5, 0.6) is 0 Å². The summed E-state index contributed by atoms with van der Waals surface area (Å²) in [5.41, 5.74) is 4.03. The number of hydrogen-bond donors (Lipinski definition) is 2. The monoisotopic (exact) mass is 527 g/mol. The quantitative estimate of drug-likeness (QED) is 0.169. The highest BCUT2D eigenvalue weighted by atomic mass is 32.1. The molecule has 2 aromatic heterocycles. The van der Waals surface area contributed by atoms with Gasteiger partial charge in [-0.2, -0.15) is 0 Å². The first-order chi connectivity index (χ1) is 18.4. The summed E-state index contributed by atoms with van der Waals surface area (Å²) in [6, 6.07) is 20.8. The zero-order valence-corrected chi connectivity index (χ0v) is 21.6. The van der Waals surface area contributed by atoms with E-state index in [-0.39, 0.29) is 23.7 Å². The Balaban J connectivity index is 1.54. The van der Waals surface area contributed by atoms with Gasteiger partial charge in [-0.3, -0.25) is 19.9 Å². The zero-order valence-electron chi connectivity index (χ0n) is 20.8. The van der Waals surface area contributed by atoms with E-state index in [9.17, 15) is 14.9 Å². The zero-order chi connectivity index (χ0) is 26.8. The standard InChI is InChI=1S/C28H25N5O4S/c1-3-25(34)30-21-12-11-20(16-17(21)2)32-27(26(31-28(32)38)22-6-4-5-15-29-22)24-14-13-23(37-24)18-7-9-19(10-8-18)33(35)36/h4-16,26-27H,3H2,1-2H3,(H,30,34)(H,31,38). The maximum atomic E-state index is 11.9. The Morgan fingerprint density at radius 2 is 1.95 bits per heavy atom. The Hall–Kier alpha value is -4.57. The van der Waals surface area contributed by atoms with E-state index < -0.39 is 4.92 Å². The molecule has 2 N–H and O–H groups in total. The normalized spacial score (nSPS) is 16.8. The van der Waals surface area contributed by atoms with E-state index in [1.54, 1.807) is 18.3 Å². The highest BCUT2D eigenvalue weighted by Crippen LogP contribution is 2.43. The summed E-state index contributed by atoms with van der Waals surface area (Å²) in [6.07, 6.45) is 2.13. The van der Waals surface area contributed by atoms with Gasteiger partial charge in [0.15, 0.2) is 5.11 Å². The molecule has 0 radical (unpaired) electrons. The average molecular weight is 528 g/mol. The van der Waals surface area contributed by atoms with Crippen LogP contribution in [0, 0.1) is 17.0 Å². The molecule has 1 aliphatic heterocycles. The molecule has 3 heterocycles. The molecular formula is C28H25N5O4S. The van der Waals surface area contributed by atoms with E-state index in [1.807, 2.05) is 67.3 Å². The number of hydrogen-bond acceptors (Lipinski definition) is 6. The molecular weight excluding hydrogens is 502 g/mol. The fourth-order valence-electron chi connectivity index (χ4n) is 4.51. The largest absolute Gasteiger partial charge is 0.459 e. The van der Waals surface area contributed by atoms with Gasteiger partial charge in [-0.25, -0.2) is 0 Å². The second-order valence-corrected chi connectivity index (χ2v) is 9.29. The second kappa shape index (κ2) is 10.4. The number of pyridine rings is 1. The van der Waals surface area contributed by atoms with E-state index in [0.29, 0.717) is 23.1 Å². The summed E-state index contributed by atoms with van der Waals surface area (Å²) in [4.78, 5) is 29.1. The molecule has 9 nitrogen and oxygen atoms in total. The van der Waals surface area contributed by atoms with Crippen molar-refractivity contribution in [3.63, 3.8) is 0 Å². The highest BCUT2D eigenvalue weighted by Gasteiger charge is 2.42. The molecule has 1 amide bonds. The van der Waals surface area contributed by atoms with E-state index >= 15 is 0 Å². The van der Waals surface area contributed by atoms with E-state index in [2.05, 4.69) is 15.6 Å². The smallest absolute Gasteiger partial charge is 0.269 e. The molecule has 2 unspecified atom stereocenters. The molecule has 5 rings (SSSR count). The molecule has 0 saturated carbocycles. The number of nitrogens with one attached hydrogen (secondary N) is 2. The summed E-state index contributed by atoms with van der Waals surface area (Å²) in [5.74, 6) is 1.19. The van der Waals surface area contributed by atoms with Crippen LogP contribution in [0.15, 0.2) is 83.4 Å². The van der Waals surface area contributed by atoms with Crippen LogP contribution in [0.2, 0.25) is 0 Å². The first-order valence-electron chi connectivity index (χ1n) is 12.1. The third-order valence-electron chi connectivity index (χ3n) is 6.46. The van der Waals surface area contributed by atoms with Crippen molar-refractivity contribution in [1.82, 2.24) is 10.3 Å². The molecule has 38 heavy (non-hydrogen) atoms. The number of carbonyl (C=O) groups is 1. The Bertz CT molecular complexity index is 1500. The van der Waals surface area contributed by atoms with E-state index in [0.717, 1.165) is 28.2 Å². The van der Waals surface area contributed by atoms with Crippen molar-refractivity contribution in [2.24, 2.45) is 0 Å². The molecule has 1 saturated heterocycles. The number of rotatable bonds is 7. The third kappa shape index (κ3) is 4.85.